The van der Waals surface area contributed by atoms with Crippen molar-refractivity contribution >= 4 is 5.97 Å². The van der Waals surface area contributed by atoms with Crippen molar-refractivity contribution in [1.29, 1.82) is 0 Å². The van der Waals surface area contributed by atoms with Crippen molar-refractivity contribution < 1.29 is 18.7 Å². The van der Waals surface area contributed by atoms with E-state index < -0.39 is 5.97 Å². The summed E-state index contributed by atoms with van der Waals surface area (Å²) in [5, 5.41) is 16.3. The van der Waals surface area contributed by atoms with E-state index in [1.807, 2.05) is 0 Å². The number of aryl methyl sites for hydroxylation is 2. The minimum absolute atomic E-state index is 0.0628. The Morgan fingerprint density at radius 2 is 2.21 bits per heavy atom. The smallest absolute Gasteiger partial charge is 0.303 e. The number of halogens is 1. The second kappa shape index (κ2) is 5.60. The van der Waals surface area contributed by atoms with Gasteiger partial charge in [0.2, 0.25) is 11.8 Å². The highest BCUT2D eigenvalue weighted by atomic mass is 19.1. The molecule has 19 heavy (non-hydrogen) atoms. The molecule has 2 aromatic rings. The number of carbonyl (C=O) groups is 1. The average Bonchev–Trinajstić information content (AvgIpc) is 2.77. The molecule has 2 rings (SSSR count). The highest BCUT2D eigenvalue weighted by molar-refractivity contribution is 5.66. The lowest BCUT2D eigenvalue weighted by Gasteiger charge is -2.00. The Bertz CT molecular complexity index is 595. The molecule has 1 aromatic heterocycles. The average molecular weight is 264 g/mol. The molecule has 6 heteroatoms. The Kier molecular flexibility index (Phi) is 3.89. The van der Waals surface area contributed by atoms with Gasteiger partial charge in [0.15, 0.2) is 0 Å². The molecule has 0 radical (unpaired) electrons. The molecule has 1 aromatic carbocycles. The van der Waals surface area contributed by atoms with Crippen LogP contribution in [0.15, 0.2) is 22.6 Å². The fourth-order valence-corrected chi connectivity index (χ4v) is 1.72. The standard InChI is InChI=1S/C13H13FN2O3/c1-8-7-9(14)5-6-10(8)13-16-15-11(19-13)3-2-4-12(17)18/h5-7H,2-4H2,1H3,(H,17,18). The molecule has 0 bridgehead atoms. The third kappa shape index (κ3) is 3.37. The fourth-order valence-electron chi connectivity index (χ4n) is 1.72. The van der Waals surface area contributed by atoms with Gasteiger partial charge in [0.25, 0.3) is 0 Å². The molecule has 0 fully saturated rings. The molecule has 0 aliphatic heterocycles. The van der Waals surface area contributed by atoms with Crippen LogP contribution in [0.5, 0.6) is 0 Å². The van der Waals surface area contributed by atoms with Gasteiger partial charge in [0.1, 0.15) is 5.82 Å². The Morgan fingerprint density at radius 1 is 1.42 bits per heavy atom. The van der Waals surface area contributed by atoms with Crippen molar-refractivity contribution in [2.75, 3.05) is 0 Å². The highest BCUT2D eigenvalue weighted by Crippen LogP contribution is 2.23. The number of hydrogen-bond acceptors (Lipinski definition) is 4. The van der Waals surface area contributed by atoms with E-state index in [9.17, 15) is 9.18 Å². The number of carboxylic acid groups (broad SMARTS) is 1. The molecule has 1 N–H and O–H groups in total. The lowest BCUT2D eigenvalue weighted by atomic mass is 10.1. The highest BCUT2D eigenvalue weighted by Gasteiger charge is 2.11. The molecule has 0 saturated heterocycles. The number of rotatable bonds is 5. The Balaban J connectivity index is 2.10. The Morgan fingerprint density at radius 3 is 2.89 bits per heavy atom. The number of aliphatic carboxylic acids is 1. The zero-order chi connectivity index (χ0) is 13.8. The summed E-state index contributed by atoms with van der Waals surface area (Å²) in [6.07, 6.45) is 0.923. The zero-order valence-corrected chi connectivity index (χ0v) is 10.4. The first kappa shape index (κ1) is 13.2. The van der Waals surface area contributed by atoms with E-state index in [1.165, 1.54) is 12.1 Å². The molecule has 100 valence electrons. The topological polar surface area (TPSA) is 76.2 Å². The van der Waals surface area contributed by atoms with Crippen molar-refractivity contribution in [3.63, 3.8) is 0 Å². The van der Waals surface area contributed by atoms with Crippen LogP contribution in [0.3, 0.4) is 0 Å². The monoisotopic (exact) mass is 264 g/mol. The van der Waals surface area contributed by atoms with Crippen LogP contribution in [-0.2, 0) is 11.2 Å². The number of benzene rings is 1. The fraction of sp³-hybridized carbons (Fsp3) is 0.308. The van der Waals surface area contributed by atoms with Gasteiger partial charge in [-0.3, -0.25) is 4.79 Å². The van der Waals surface area contributed by atoms with Crippen LogP contribution >= 0.6 is 0 Å². The lowest BCUT2D eigenvalue weighted by molar-refractivity contribution is -0.137. The van der Waals surface area contributed by atoms with Gasteiger partial charge >= 0.3 is 5.97 Å². The minimum Gasteiger partial charge on any atom is -0.481 e. The van der Waals surface area contributed by atoms with Gasteiger partial charge in [-0.15, -0.1) is 10.2 Å². The lowest BCUT2D eigenvalue weighted by Crippen LogP contribution is -1.95. The maximum atomic E-state index is 13.0. The zero-order valence-electron chi connectivity index (χ0n) is 10.4. The maximum absolute atomic E-state index is 13.0. The second-order valence-corrected chi connectivity index (χ2v) is 4.21. The molecule has 0 atom stereocenters. The predicted octanol–water partition coefficient (Wildman–Crippen LogP) is 2.59. The molecule has 0 unspecified atom stereocenters. The summed E-state index contributed by atoms with van der Waals surface area (Å²) >= 11 is 0. The van der Waals surface area contributed by atoms with Gasteiger partial charge < -0.3 is 9.52 Å². The molecule has 0 aliphatic rings. The number of nitrogens with zero attached hydrogens (tertiary/aromatic N) is 2. The van der Waals surface area contributed by atoms with E-state index in [1.54, 1.807) is 13.0 Å². The van der Waals surface area contributed by atoms with Gasteiger partial charge in [-0.2, -0.15) is 0 Å². The predicted molar refractivity (Wildman–Crippen MR) is 65.0 cm³/mol. The number of aromatic nitrogens is 2. The Hall–Kier alpha value is -2.24. The molecule has 0 saturated carbocycles. The number of carboxylic acids is 1. The van der Waals surface area contributed by atoms with Gasteiger partial charge in [0, 0.05) is 18.4 Å². The molecular weight excluding hydrogens is 251 g/mol. The van der Waals surface area contributed by atoms with Crippen molar-refractivity contribution in [3.05, 3.63) is 35.5 Å². The van der Waals surface area contributed by atoms with E-state index in [0.29, 0.717) is 35.7 Å². The summed E-state index contributed by atoms with van der Waals surface area (Å²) in [6, 6.07) is 4.31. The summed E-state index contributed by atoms with van der Waals surface area (Å²) in [7, 11) is 0. The normalized spacial score (nSPS) is 10.6. The van der Waals surface area contributed by atoms with Crippen molar-refractivity contribution in [2.24, 2.45) is 0 Å². The van der Waals surface area contributed by atoms with Crippen LogP contribution in [0, 0.1) is 12.7 Å². The third-order valence-electron chi connectivity index (χ3n) is 2.67. The molecule has 0 aliphatic carbocycles. The second-order valence-electron chi connectivity index (χ2n) is 4.21. The summed E-state index contributed by atoms with van der Waals surface area (Å²) in [5.41, 5.74) is 1.39. The minimum atomic E-state index is -0.853. The van der Waals surface area contributed by atoms with Gasteiger partial charge in [-0.05, 0) is 37.1 Å². The van der Waals surface area contributed by atoms with Crippen LogP contribution in [0.25, 0.3) is 11.5 Å². The van der Waals surface area contributed by atoms with E-state index in [-0.39, 0.29) is 12.2 Å². The Labute approximate surface area is 109 Å². The van der Waals surface area contributed by atoms with Gasteiger partial charge in [0.05, 0.1) is 0 Å². The molecular formula is C13H13FN2O3. The summed E-state index contributed by atoms with van der Waals surface area (Å²) in [4.78, 5) is 10.4. The number of hydrogen-bond donors (Lipinski definition) is 1. The summed E-state index contributed by atoms with van der Waals surface area (Å²) in [6.45, 7) is 1.76. The SMILES string of the molecule is Cc1cc(F)ccc1-c1nnc(CCCC(=O)O)o1. The van der Waals surface area contributed by atoms with Crippen LogP contribution in [0.4, 0.5) is 4.39 Å². The van der Waals surface area contributed by atoms with Crippen LogP contribution in [0.1, 0.15) is 24.3 Å². The summed E-state index contributed by atoms with van der Waals surface area (Å²) in [5.74, 6) is -0.459. The first-order valence-electron chi connectivity index (χ1n) is 5.87. The first-order valence-corrected chi connectivity index (χ1v) is 5.87. The van der Waals surface area contributed by atoms with E-state index >= 15 is 0 Å². The maximum Gasteiger partial charge on any atom is 0.303 e. The first-order chi connectivity index (χ1) is 9.06. The molecule has 0 spiro atoms. The van der Waals surface area contributed by atoms with E-state index in [0.717, 1.165) is 0 Å². The van der Waals surface area contributed by atoms with E-state index in [2.05, 4.69) is 10.2 Å². The summed E-state index contributed by atoms with van der Waals surface area (Å²) < 4.78 is 18.4. The van der Waals surface area contributed by atoms with Crippen molar-refractivity contribution in [3.8, 4) is 11.5 Å². The quantitative estimate of drug-likeness (QED) is 0.898. The molecule has 5 nitrogen and oxygen atoms in total. The molecule has 0 amide bonds. The van der Waals surface area contributed by atoms with Gasteiger partial charge in [-0.1, -0.05) is 0 Å². The largest absolute Gasteiger partial charge is 0.481 e. The van der Waals surface area contributed by atoms with Crippen molar-refractivity contribution in [1.82, 2.24) is 10.2 Å². The van der Waals surface area contributed by atoms with Crippen LogP contribution in [0.2, 0.25) is 0 Å². The van der Waals surface area contributed by atoms with Crippen LogP contribution < -0.4 is 0 Å². The van der Waals surface area contributed by atoms with Gasteiger partial charge in [-0.25, -0.2) is 4.39 Å². The third-order valence-corrected chi connectivity index (χ3v) is 2.67. The molecule has 1 heterocycles. The van der Waals surface area contributed by atoms with Crippen LogP contribution in [-0.4, -0.2) is 21.3 Å². The van der Waals surface area contributed by atoms with E-state index in [4.69, 9.17) is 9.52 Å². The van der Waals surface area contributed by atoms with Crippen molar-refractivity contribution in [2.45, 2.75) is 26.2 Å².